The van der Waals surface area contributed by atoms with Crippen LogP contribution >= 0.6 is 11.6 Å². The van der Waals surface area contributed by atoms with Gasteiger partial charge in [0.2, 0.25) is 0 Å². The summed E-state index contributed by atoms with van der Waals surface area (Å²) in [6, 6.07) is 2.70. The fraction of sp³-hybridized carbons (Fsp3) is 0.667. The van der Waals surface area contributed by atoms with Gasteiger partial charge in [-0.25, -0.2) is 0 Å². The molecule has 2 heterocycles. The summed E-state index contributed by atoms with van der Waals surface area (Å²) in [6.07, 6.45) is 3.61. The fourth-order valence-corrected chi connectivity index (χ4v) is 2.55. The maximum Gasteiger partial charge on any atom is 0.174 e. The van der Waals surface area contributed by atoms with E-state index in [1.54, 1.807) is 0 Å². The van der Waals surface area contributed by atoms with Gasteiger partial charge in [-0.1, -0.05) is 18.0 Å². The monoisotopic (exact) mass is 254 g/mol. The third-order valence-electron chi connectivity index (χ3n) is 3.34. The van der Waals surface area contributed by atoms with Gasteiger partial charge in [-0.3, -0.25) is 4.90 Å². The molecule has 5 heteroatoms. The van der Waals surface area contributed by atoms with Gasteiger partial charge in [0.25, 0.3) is 0 Å². The lowest BCUT2D eigenvalue weighted by molar-refractivity contribution is 0.108. The Labute approximate surface area is 107 Å². The molecule has 1 saturated heterocycles. The first kappa shape index (κ1) is 12.6. The largest absolute Gasteiger partial charge is 0.396 e. The lowest BCUT2D eigenvalue weighted by Crippen LogP contribution is -2.39. The quantitative estimate of drug-likeness (QED) is 0.882. The van der Waals surface area contributed by atoms with Gasteiger partial charge in [0, 0.05) is 6.04 Å². The van der Waals surface area contributed by atoms with Gasteiger partial charge in [0.15, 0.2) is 5.15 Å². The third kappa shape index (κ3) is 2.69. The standard InChI is InChI=1S/C12H19ClN4/c1-8(2)17-6-4-3-5-11(17)10-7-9(14)12(13)16-15-10/h7-8,11H,3-6H2,1-2H3,(H2,14,15). The first-order chi connectivity index (χ1) is 8.09. The van der Waals surface area contributed by atoms with Crippen molar-refractivity contribution >= 4 is 17.3 Å². The minimum Gasteiger partial charge on any atom is -0.396 e. The Balaban J connectivity index is 2.26. The molecule has 0 amide bonds. The van der Waals surface area contributed by atoms with Crippen LogP contribution < -0.4 is 5.73 Å². The predicted molar refractivity (Wildman–Crippen MR) is 69.9 cm³/mol. The topological polar surface area (TPSA) is 55.0 Å². The second-order valence-electron chi connectivity index (χ2n) is 4.86. The molecule has 2 N–H and O–H groups in total. The van der Waals surface area contributed by atoms with Crippen molar-refractivity contribution < 1.29 is 0 Å². The van der Waals surface area contributed by atoms with E-state index < -0.39 is 0 Å². The molecule has 0 bridgehead atoms. The van der Waals surface area contributed by atoms with E-state index in [4.69, 9.17) is 17.3 Å². The summed E-state index contributed by atoms with van der Waals surface area (Å²) >= 11 is 5.81. The highest BCUT2D eigenvalue weighted by molar-refractivity contribution is 6.31. The SMILES string of the molecule is CC(C)N1CCCCC1c1cc(N)c(Cl)nn1. The predicted octanol–water partition coefficient (Wildman–Crippen LogP) is 2.65. The van der Waals surface area contributed by atoms with Gasteiger partial charge in [0.1, 0.15) is 0 Å². The normalized spacial score (nSPS) is 22.0. The number of piperidine rings is 1. The zero-order chi connectivity index (χ0) is 12.4. The van der Waals surface area contributed by atoms with Gasteiger partial charge < -0.3 is 5.73 Å². The Morgan fingerprint density at radius 2 is 2.18 bits per heavy atom. The fourth-order valence-electron chi connectivity index (χ4n) is 2.46. The number of aromatic nitrogens is 2. The molecular weight excluding hydrogens is 236 g/mol. The molecule has 2 rings (SSSR count). The highest BCUT2D eigenvalue weighted by Crippen LogP contribution is 2.32. The van der Waals surface area contributed by atoms with Gasteiger partial charge >= 0.3 is 0 Å². The minimum absolute atomic E-state index is 0.292. The number of halogens is 1. The summed E-state index contributed by atoms with van der Waals surface area (Å²) < 4.78 is 0. The van der Waals surface area contributed by atoms with Crippen LogP contribution in [0.25, 0.3) is 0 Å². The van der Waals surface area contributed by atoms with Crippen LogP contribution in [-0.2, 0) is 0 Å². The lowest BCUT2D eigenvalue weighted by Gasteiger charge is -2.38. The van der Waals surface area contributed by atoms with E-state index in [9.17, 15) is 0 Å². The Hall–Kier alpha value is -0.870. The zero-order valence-electron chi connectivity index (χ0n) is 10.4. The Morgan fingerprint density at radius 1 is 1.41 bits per heavy atom. The van der Waals surface area contributed by atoms with Gasteiger partial charge in [0.05, 0.1) is 17.4 Å². The first-order valence-electron chi connectivity index (χ1n) is 6.14. The van der Waals surface area contributed by atoms with Gasteiger partial charge in [-0.15, -0.1) is 5.10 Å². The van der Waals surface area contributed by atoms with Crippen molar-refractivity contribution in [1.82, 2.24) is 15.1 Å². The molecular formula is C12H19ClN4. The molecule has 0 radical (unpaired) electrons. The van der Waals surface area contributed by atoms with E-state index >= 15 is 0 Å². The van der Waals surface area contributed by atoms with Crippen molar-refractivity contribution in [3.63, 3.8) is 0 Å². The summed E-state index contributed by atoms with van der Waals surface area (Å²) in [4.78, 5) is 2.46. The maximum absolute atomic E-state index is 5.81. The van der Waals surface area contributed by atoms with Crippen molar-refractivity contribution in [3.05, 3.63) is 16.9 Å². The molecule has 0 spiro atoms. The maximum atomic E-state index is 5.81. The minimum atomic E-state index is 0.292. The number of rotatable bonds is 2. The Kier molecular flexibility index (Phi) is 3.84. The summed E-state index contributed by atoms with van der Waals surface area (Å²) in [5.74, 6) is 0. The van der Waals surface area contributed by atoms with Crippen molar-refractivity contribution in [2.45, 2.75) is 45.2 Å². The third-order valence-corrected chi connectivity index (χ3v) is 3.64. The Bertz CT molecular complexity index is 394. The summed E-state index contributed by atoms with van der Waals surface area (Å²) in [5.41, 5.74) is 7.26. The van der Waals surface area contributed by atoms with Crippen LogP contribution in [0.5, 0.6) is 0 Å². The van der Waals surface area contributed by atoms with Crippen LogP contribution in [0.3, 0.4) is 0 Å². The molecule has 4 nitrogen and oxygen atoms in total. The van der Waals surface area contributed by atoms with E-state index in [0.29, 0.717) is 22.9 Å². The molecule has 1 aliphatic heterocycles. The number of nitrogens with two attached hydrogens (primary N) is 1. The molecule has 1 atom stereocenters. The Morgan fingerprint density at radius 3 is 2.82 bits per heavy atom. The van der Waals surface area contributed by atoms with Crippen LogP contribution in [0.15, 0.2) is 6.07 Å². The average molecular weight is 255 g/mol. The average Bonchev–Trinajstić information content (AvgIpc) is 2.32. The highest BCUT2D eigenvalue weighted by Gasteiger charge is 2.27. The summed E-state index contributed by atoms with van der Waals surface area (Å²) in [5, 5.41) is 8.40. The summed E-state index contributed by atoms with van der Waals surface area (Å²) in [6.45, 7) is 5.54. The second-order valence-corrected chi connectivity index (χ2v) is 5.22. The van der Waals surface area contributed by atoms with Crippen LogP contribution in [-0.4, -0.2) is 27.7 Å². The number of nitrogen functional groups attached to an aromatic ring is 1. The number of likely N-dealkylation sites (tertiary alicyclic amines) is 1. The molecule has 0 aliphatic carbocycles. The first-order valence-corrected chi connectivity index (χ1v) is 6.51. The molecule has 1 aromatic rings. The van der Waals surface area contributed by atoms with E-state index in [2.05, 4.69) is 28.9 Å². The molecule has 1 aliphatic rings. The van der Waals surface area contributed by atoms with Crippen LogP contribution in [0.4, 0.5) is 5.69 Å². The number of nitrogens with zero attached hydrogens (tertiary/aromatic N) is 3. The van der Waals surface area contributed by atoms with Crippen molar-refractivity contribution in [1.29, 1.82) is 0 Å². The van der Waals surface area contributed by atoms with E-state index in [1.807, 2.05) is 6.07 Å². The van der Waals surface area contributed by atoms with Gasteiger partial charge in [-0.2, -0.15) is 5.10 Å². The number of anilines is 1. The van der Waals surface area contributed by atoms with E-state index in [0.717, 1.165) is 18.7 Å². The highest BCUT2D eigenvalue weighted by atomic mass is 35.5. The smallest absolute Gasteiger partial charge is 0.174 e. The second kappa shape index (κ2) is 5.19. The number of hydrogen-bond acceptors (Lipinski definition) is 4. The van der Waals surface area contributed by atoms with E-state index in [-0.39, 0.29) is 0 Å². The van der Waals surface area contributed by atoms with Crippen LogP contribution in [0.1, 0.15) is 44.8 Å². The lowest BCUT2D eigenvalue weighted by atomic mass is 9.97. The molecule has 17 heavy (non-hydrogen) atoms. The van der Waals surface area contributed by atoms with Crippen LogP contribution in [0, 0.1) is 0 Å². The molecule has 0 aromatic carbocycles. The van der Waals surface area contributed by atoms with E-state index in [1.165, 1.54) is 12.8 Å². The van der Waals surface area contributed by atoms with Crippen molar-refractivity contribution in [2.75, 3.05) is 12.3 Å². The van der Waals surface area contributed by atoms with Crippen molar-refractivity contribution in [2.24, 2.45) is 0 Å². The zero-order valence-corrected chi connectivity index (χ0v) is 11.1. The molecule has 0 saturated carbocycles. The van der Waals surface area contributed by atoms with Gasteiger partial charge in [-0.05, 0) is 39.3 Å². The molecule has 1 aromatic heterocycles. The number of hydrogen-bond donors (Lipinski definition) is 1. The molecule has 94 valence electrons. The molecule has 1 unspecified atom stereocenters. The van der Waals surface area contributed by atoms with Crippen molar-refractivity contribution in [3.8, 4) is 0 Å². The van der Waals surface area contributed by atoms with Crippen LogP contribution in [0.2, 0.25) is 5.15 Å². The summed E-state index contributed by atoms with van der Waals surface area (Å²) in [7, 11) is 0. The molecule has 1 fully saturated rings.